The lowest BCUT2D eigenvalue weighted by Crippen LogP contribution is -2.04. The van der Waals surface area contributed by atoms with Gasteiger partial charge in [0.2, 0.25) is 5.95 Å². The maximum atomic E-state index is 5.31. The number of thiophene rings is 1. The maximum Gasteiger partial charge on any atom is 0.235 e. The van der Waals surface area contributed by atoms with Gasteiger partial charge in [-0.1, -0.05) is 103 Å². The molecule has 10 rings (SSSR count). The molecule has 47 heavy (non-hydrogen) atoms. The number of rotatable bonds is 4. The zero-order chi connectivity index (χ0) is 30.9. The van der Waals surface area contributed by atoms with E-state index in [1.807, 2.05) is 23.5 Å². The molecule has 4 aromatic heterocycles. The van der Waals surface area contributed by atoms with Crippen LogP contribution >= 0.6 is 11.3 Å². The number of nitrogens with zero attached hydrogens (tertiary/aromatic N) is 4. The van der Waals surface area contributed by atoms with Gasteiger partial charge < -0.3 is 4.57 Å². The fourth-order valence-corrected chi connectivity index (χ4v) is 8.13. The Morgan fingerprint density at radius 3 is 1.83 bits per heavy atom. The van der Waals surface area contributed by atoms with E-state index in [-0.39, 0.29) is 0 Å². The zero-order valence-corrected chi connectivity index (χ0v) is 26.0. The molecule has 0 spiro atoms. The largest absolute Gasteiger partial charge is 0.316 e. The van der Waals surface area contributed by atoms with E-state index in [0.29, 0.717) is 5.95 Å². The highest BCUT2D eigenvalue weighted by Gasteiger charge is 2.21. The topological polar surface area (TPSA) is 35.6 Å². The minimum absolute atomic E-state index is 0.658. The molecule has 0 N–H and O–H groups in total. The van der Waals surface area contributed by atoms with Crippen LogP contribution in [-0.4, -0.2) is 19.1 Å². The summed E-state index contributed by atoms with van der Waals surface area (Å²) in [6.45, 7) is 0. The van der Waals surface area contributed by atoms with Crippen LogP contribution in [0.4, 0.5) is 0 Å². The van der Waals surface area contributed by atoms with Gasteiger partial charge in [-0.05, 0) is 48.5 Å². The third-order valence-electron chi connectivity index (χ3n) is 9.18. The molecule has 6 aromatic carbocycles. The first-order valence-electron chi connectivity index (χ1n) is 15.8. The van der Waals surface area contributed by atoms with Crippen molar-refractivity contribution in [2.24, 2.45) is 0 Å². The highest BCUT2D eigenvalue weighted by molar-refractivity contribution is 7.25. The van der Waals surface area contributed by atoms with E-state index in [4.69, 9.17) is 9.97 Å². The second kappa shape index (κ2) is 10.2. The van der Waals surface area contributed by atoms with Crippen molar-refractivity contribution in [2.75, 3.05) is 0 Å². The van der Waals surface area contributed by atoms with E-state index >= 15 is 0 Å². The second-order valence-corrected chi connectivity index (χ2v) is 13.0. The summed E-state index contributed by atoms with van der Waals surface area (Å²) in [6.07, 6.45) is 2.17. The molecule has 0 unspecified atom stereocenters. The molecular formula is C42H26N4S. The van der Waals surface area contributed by atoms with Gasteiger partial charge in [0, 0.05) is 59.3 Å². The molecule has 0 fully saturated rings. The SMILES string of the molecule is c1ccc(-c2cc(-c3ccccc3)nc(-n3c4cc5sc6ccccc6c5cc4c4ccc5c(ccn5-c5ccccc5)c43)n2)cc1. The summed E-state index contributed by atoms with van der Waals surface area (Å²) in [5.74, 6) is 0.658. The predicted octanol–water partition coefficient (Wildman–Crippen LogP) is 11.2. The highest BCUT2D eigenvalue weighted by atomic mass is 32.1. The Bertz CT molecular complexity index is 2720. The van der Waals surface area contributed by atoms with E-state index < -0.39 is 0 Å². The number of aromatic nitrogens is 4. The summed E-state index contributed by atoms with van der Waals surface area (Å²) in [6, 6.07) is 53.6. The number of para-hydroxylation sites is 1. The normalized spacial score (nSPS) is 11.8. The third-order valence-corrected chi connectivity index (χ3v) is 10.3. The van der Waals surface area contributed by atoms with Gasteiger partial charge in [0.05, 0.1) is 27.9 Å². The number of hydrogen-bond acceptors (Lipinski definition) is 3. The van der Waals surface area contributed by atoms with Crippen molar-refractivity contribution < 1.29 is 0 Å². The minimum Gasteiger partial charge on any atom is -0.316 e. The molecule has 0 amide bonds. The summed E-state index contributed by atoms with van der Waals surface area (Å²) in [7, 11) is 0. The van der Waals surface area contributed by atoms with E-state index in [9.17, 15) is 0 Å². The van der Waals surface area contributed by atoms with Crippen molar-refractivity contribution in [3.63, 3.8) is 0 Å². The Morgan fingerprint density at radius 2 is 1.11 bits per heavy atom. The summed E-state index contributed by atoms with van der Waals surface area (Å²) >= 11 is 1.84. The Labute approximate surface area is 274 Å². The van der Waals surface area contributed by atoms with Gasteiger partial charge >= 0.3 is 0 Å². The van der Waals surface area contributed by atoms with Crippen molar-refractivity contribution in [1.82, 2.24) is 19.1 Å². The van der Waals surface area contributed by atoms with E-state index in [1.54, 1.807) is 0 Å². The van der Waals surface area contributed by atoms with Gasteiger partial charge in [-0.3, -0.25) is 4.57 Å². The number of hydrogen-bond donors (Lipinski definition) is 0. The van der Waals surface area contributed by atoms with E-state index in [1.165, 1.54) is 30.9 Å². The van der Waals surface area contributed by atoms with Gasteiger partial charge in [0.1, 0.15) is 0 Å². The highest BCUT2D eigenvalue weighted by Crippen LogP contribution is 2.42. The van der Waals surface area contributed by atoms with Crippen LogP contribution in [-0.2, 0) is 0 Å². The number of benzene rings is 6. The molecule has 0 bridgehead atoms. The summed E-state index contributed by atoms with van der Waals surface area (Å²) < 4.78 is 7.11. The van der Waals surface area contributed by atoms with Gasteiger partial charge in [-0.15, -0.1) is 11.3 Å². The molecule has 0 aliphatic carbocycles. The molecular weight excluding hydrogens is 593 g/mol. The molecule has 0 saturated carbocycles. The molecule has 5 heteroatoms. The smallest absolute Gasteiger partial charge is 0.235 e. The first-order chi connectivity index (χ1) is 23.3. The lowest BCUT2D eigenvalue weighted by atomic mass is 10.1. The molecule has 4 nitrogen and oxygen atoms in total. The average Bonchev–Trinajstić information content (AvgIpc) is 3.83. The van der Waals surface area contributed by atoms with Crippen LogP contribution in [0.5, 0.6) is 0 Å². The van der Waals surface area contributed by atoms with E-state index in [2.05, 4.69) is 155 Å². The zero-order valence-electron chi connectivity index (χ0n) is 25.2. The molecule has 0 aliphatic heterocycles. The van der Waals surface area contributed by atoms with Crippen molar-refractivity contribution in [3.8, 4) is 34.2 Å². The first-order valence-corrected chi connectivity index (χ1v) is 16.6. The van der Waals surface area contributed by atoms with Crippen LogP contribution < -0.4 is 0 Å². The molecule has 0 saturated heterocycles. The fraction of sp³-hybridized carbons (Fsp3) is 0. The molecule has 0 aliphatic rings. The average molecular weight is 619 g/mol. The summed E-state index contributed by atoms with van der Waals surface area (Å²) in [5, 5.41) is 6.11. The second-order valence-electron chi connectivity index (χ2n) is 11.9. The van der Waals surface area contributed by atoms with Crippen molar-refractivity contribution >= 4 is 64.2 Å². The summed E-state index contributed by atoms with van der Waals surface area (Å²) in [4.78, 5) is 10.6. The van der Waals surface area contributed by atoms with Crippen molar-refractivity contribution in [1.29, 1.82) is 0 Å². The standard InChI is InChI=1S/C42H26N4S/c1-4-12-27(13-5-1)35-25-36(28-14-6-2-7-15-28)44-42(43-35)46-38-26-40-34(30-18-10-11-19-39(30)47-40)24-33(38)31-20-21-37-32(41(31)46)22-23-45(37)29-16-8-3-9-17-29/h1-26H. The molecule has 0 atom stereocenters. The van der Waals surface area contributed by atoms with Crippen LogP contribution in [0.1, 0.15) is 0 Å². The summed E-state index contributed by atoms with van der Waals surface area (Å²) in [5.41, 5.74) is 8.37. The third kappa shape index (κ3) is 4.07. The van der Waals surface area contributed by atoms with Gasteiger partial charge in [0.25, 0.3) is 0 Å². The van der Waals surface area contributed by atoms with Crippen LogP contribution in [0, 0.1) is 0 Å². The molecule has 0 radical (unpaired) electrons. The van der Waals surface area contributed by atoms with Crippen LogP contribution in [0.3, 0.4) is 0 Å². The van der Waals surface area contributed by atoms with E-state index in [0.717, 1.165) is 50.1 Å². The number of fused-ring (bicyclic) bond motifs is 8. The van der Waals surface area contributed by atoms with Gasteiger partial charge in [-0.25, -0.2) is 9.97 Å². The maximum absolute atomic E-state index is 5.31. The van der Waals surface area contributed by atoms with Gasteiger partial charge in [-0.2, -0.15) is 0 Å². The van der Waals surface area contributed by atoms with Crippen molar-refractivity contribution in [3.05, 3.63) is 158 Å². The first kappa shape index (κ1) is 26.2. The Balaban J connectivity index is 1.35. The Morgan fingerprint density at radius 1 is 0.447 bits per heavy atom. The molecule has 10 aromatic rings. The van der Waals surface area contributed by atoms with Crippen LogP contribution in [0.2, 0.25) is 0 Å². The fourth-order valence-electron chi connectivity index (χ4n) is 7.01. The van der Waals surface area contributed by atoms with Gasteiger partial charge in [0.15, 0.2) is 0 Å². The predicted molar refractivity (Wildman–Crippen MR) is 197 cm³/mol. The van der Waals surface area contributed by atoms with Crippen LogP contribution in [0.25, 0.3) is 87.0 Å². The lowest BCUT2D eigenvalue weighted by molar-refractivity contribution is 0.998. The van der Waals surface area contributed by atoms with Crippen LogP contribution in [0.15, 0.2) is 158 Å². The van der Waals surface area contributed by atoms with Crippen molar-refractivity contribution in [2.45, 2.75) is 0 Å². The monoisotopic (exact) mass is 618 g/mol. The molecule has 4 heterocycles. The molecule has 220 valence electrons. The lowest BCUT2D eigenvalue weighted by Gasteiger charge is -2.12. The Kier molecular flexibility index (Phi) is 5.71. The minimum atomic E-state index is 0.658. The quantitative estimate of drug-likeness (QED) is 0.197. The Hall–Kier alpha value is -6.04.